The second kappa shape index (κ2) is 6.56. The largest absolute Gasteiger partial charge is 0.492 e. The van der Waals surface area contributed by atoms with Crippen molar-refractivity contribution in [3.8, 4) is 5.75 Å². The van der Waals surface area contributed by atoms with E-state index in [1.807, 2.05) is 38.1 Å². The first kappa shape index (κ1) is 13.9. The SMILES string of the molecule is CCOc1ccccc1NC(=O)Nc1ccc(C)cn1. The Hall–Kier alpha value is -2.56. The maximum absolute atomic E-state index is 11.9. The second-order valence-corrected chi connectivity index (χ2v) is 4.23. The minimum atomic E-state index is -0.353. The monoisotopic (exact) mass is 271 g/mol. The molecule has 1 aromatic heterocycles. The van der Waals surface area contributed by atoms with Gasteiger partial charge in [0, 0.05) is 6.20 Å². The normalized spacial score (nSPS) is 9.90. The van der Waals surface area contributed by atoms with Crippen LogP contribution in [-0.4, -0.2) is 17.6 Å². The van der Waals surface area contributed by atoms with Gasteiger partial charge in [-0.25, -0.2) is 9.78 Å². The molecule has 0 unspecified atom stereocenters. The molecule has 2 aromatic rings. The predicted molar refractivity (Wildman–Crippen MR) is 79.2 cm³/mol. The van der Waals surface area contributed by atoms with Crippen LogP contribution >= 0.6 is 0 Å². The van der Waals surface area contributed by atoms with Gasteiger partial charge in [-0.2, -0.15) is 0 Å². The number of hydrogen-bond acceptors (Lipinski definition) is 3. The first-order valence-electron chi connectivity index (χ1n) is 6.41. The van der Waals surface area contributed by atoms with Gasteiger partial charge in [0.1, 0.15) is 11.6 Å². The van der Waals surface area contributed by atoms with Gasteiger partial charge in [0.2, 0.25) is 0 Å². The quantitative estimate of drug-likeness (QED) is 0.895. The van der Waals surface area contributed by atoms with Crippen molar-refractivity contribution in [1.29, 1.82) is 0 Å². The molecule has 5 heteroatoms. The summed E-state index contributed by atoms with van der Waals surface area (Å²) >= 11 is 0. The molecule has 0 bridgehead atoms. The van der Waals surface area contributed by atoms with Crippen LogP contribution in [0.2, 0.25) is 0 Å². The first-order chi connectivity index (χ1) is 9.69. The van der Waals surface area contributed by atoms with Crippen LogP contribution in [0.4, 0.5) is 16.3 Å². The number of nitrogens with zero attached hydrogens (tertiary/aromatic N) is 1. The number of aromatic nitrogens is 1. The average molecular weight is 271 g/mol. The summed E-state index contributed by atoms with van der Waals surface area (Å²) < 4.78 is 5.45. The third-order valence-corrected chi connectivity index (χ3v) is 2.59. The Balaban J connectivity index is 2.02. The van der Waals surface area contributed by atoms with Crippen LogP contribution in [0.1, 0.15) is 12.5 Å². The molecule has 1 heterocycles. The maximum Gasteiger partial charge on any atom is 0.324 e. The van der Waals surface area contributed by atoms with Crippen molar-refractivity contribution in [2.24, 2.45) is 0 Å². The van der Waals surface area contributed by atoms with Crippen molar-refractivity contribution in [3.05, 3.63) is 48.2 Å². The zero-order chi connectivity index (χ0) is 14.4. The highest BCUT2D eigenvalue weighted by atomic mass is 16.5. The van der Waals surface area contributed by atoms with Crippen LogP contribution in [0, 0.1) is 6.92 Å². The van der Waals surface area contributed by atoms with E-state index in [1.165, 1.54) is 0 Å². The van der Waals surface area contributed by atoms with Gasteiger partial charge in [-0.05, 0) is 37.6 Å². The Bertz CT molecular complexity index is 582. The molecule has 0 radical (unpaired) electrons. The summed E-state index contributed by atoms with van der Waals surface area (Å²) in [6.07, 6.45) is 1.70. The zero-order valence-electron chi connectivity index (χ0n) is 11.5. The number of anilines is 2. The lowest BCUT2D eigenvalue weighted by Crippen LogP contribution is -2.20. The Morgan fingerprint density at radius 3 is 2.70 bits per heavy atom. The van der Waals surface area contributed by atoms with Crippen LogP contribution in [0.5, 0.6) is 5.75 Å². The summed E-state index contributed by atoms with van der Waals surface area (Å²) in [5.41, 5.74) is 1.66. The molecular weight excluding hydrogens is 254 g/mol. The molecule has 0 fully saturated rings. The second-order valence-electron chi connectivity index (χ2n) is 4.23. The molecule has 2 amide bonds. The van der Waals surface area contributed by atoms with Crippen molar-refractivity contribution >= 4 is 17.5 Å². The summed E-state index contributed by atoms with van der Waals surface area (Å²) in [6, 6.07) is 10.6. The third-order valence-electron chi connectivity index (χ3n) is 2.59. The average Bonchev–Trinajstić information content (AvgIpc) is 2.44. The van der Waals surface area contributed by atoms with Crippen LogP contribution in [-0.2, 0) is 0 Å². The highest BCUT2D eigenvalue weighted by Crippen LogP contribution is 2.23. The van der Waals surface area contributed by atoms with E-state index in [0.29, 0.717) is 23.9 Å². The molecule has 1 aromatic carbocycles. The number of benzene rings is 1. The van der Waals surface area contributed by atoms with E-state index in [0.717, 1.165) is 5.56 Å². The molecule has 0 saturated heterocycles. The number of carbonyl (C=O) groups excluding carboxylic acids is 1. The van der Waals surface area contributed by atoms with Gasteiger partial charge in [-0.15, -0.1) is 0 Å². The number of ether oxygens (including phenoxy) is 1. The minimum Gasteiger partial charge on any atom is -0.492 e. The summed E-state index contributed by atoms with van der Waals surface area (Å²) in [6.45, 7) is 4.38. The number of hydrogen-bond donors (Lipinski definition) is 2. The van der Waals surface area contributed by atoms with E-state index < -0.39 is 0 Å². The molecule has 0 atom stereocenters. The van der Waals surface area contributed by atoms with E-state index in [1.54, 1.807) is 18.3 Å². The van der Waals surface area contributed by atoms with Gasteiger partial charge < -0.3 is 10.1 Å². The molecule has 2 N–H and O–H groups in total. The van der Waals surface area contributed by atoms with E-state index >= 15 is 0 Å². The Kier molecular flexibility index (Phi) is 4.55. The van der Waals surface area contributed by atoms with E-state index in [9.17, 15) is 4.79 Å². The van der Waals surface area contributed by atoms with Crippen LogP contribution < -0.4 is 15.4 Å². The lowest BCUT2D eigenvalue weighted by atomic mass is 10.3. The highest BCUT2D eigenvalue weighted by Gasteiger charge is 2.07. The van der Waals surface area contributed by atoms with Gasteiger partial charge >= 0.3 is 6.03 Å². The third kappa shape index (κ3) is 3.71. The molecule has 2 rings (SSSR count). The van der Waals surface area contributed by atoms with Gasteiger partial charge in [0.25, 0.3) is 0 Å². The number of rotatable bonds is 4. The van der Waals surface area contributed by atoms with Crippen molar-refractivity contribution in [1.82, 2.24) is 4.98 Å². The Morgan fingerprint density at radius 2 is 2.00 bits per heavy atom. The molecule has 0 saturated carbocycles. The molecule has 0 spiro atoms. The zero-order valence-corrected chi connectivity index (χ0v) is 11.5. The topological polar surface area (TPSA) is 63.2 Å². The predicted octanol–water partition coefficient (Wildman–Crippen LogP) is 3.43. The summed E-state index contributed by atoms with van der Waals surface area (Å²) in [5.74, 6) is 1.14. The van der Waals surface area contributed by atoms with Crippen LogP contribution in [0.3, 0.4) is 0 Å². The summed E-state index contributed by atoms with van der Waals surface area (Å²) in [5, 5.41) is 5.41. The fourth-order valence-corrected chi connectivity index (χ4v) is 1.66. The lowest BCUT2D eigenvalue weighted by Gasteiger charge is -2.11. The van der Waals surface area contributed by atoms with Gasteiger partial charge in [0.05, 0.1) is 12.3 Å². The summed E-state index contributed by atoms with van der Waals surface area (Å²) in [7, 11) is 0. The number of urea groups is 1. The van der Waals surface area contributed by atoms with Crippen LogP contribution in [0.15, 0.2) is 42.6 Å². The molecule has 104 valence electrons. The highest BCUT2D eigenvalue weighted by molar-refractivity contribution is 6.00. The molecule has 0 aliphatic carbocycles. The molecule has 0 aliphatic rings. The lowest BCUT2D eigenvalue weighted by molar-refractivity contribution is 0.262. The standard InChI is InChI=1S/C15H17N3O2/c1-3-20-13-7-5-4-6-12(13)17-15(19)18-14-9-8-11(2)10-16-14/h4-10H,3H2,1-2H3,(H2,16,17,18,19). The fourth-order valence-electron chi connectivity index (χ4n) is 1.66. The van der Waals surface area contributed by atoms with Gasteiger partial charge in [-0.3, -0.25) is 5.32 Å². The molecule has 20 heavy (non-hydrogen) atoms. The van der Waals surface area contributed by atoms with Crippen molar-refractivity contribution in [3.63, 3.8) is 0 Å². The Morgan fingerprint density at radius 1 is 1.20 bits per heavy atom. The summed E-state index contributed by atoms with van der Waals surface area (Å²) in [4.78, 5) is 16.0. The first-order valence-corrected chi connectivity index (χ1v) is 6.41. The molecule has 0 aliphatic heterocycles. The number of pyridine rings is 1. The Labute approximate surface area is 118 Å². The van der Waals surface area contributed by atoms with Crippen molar-refractivity contribution in [2.75, 3.05) is 17.2 Å². The van der Waals surface area contributed by atoms with Crippen molar-refractivity contribution in [2.45, 2.75) is 13.8 Å². The van der Waals surface area contributed by atoms with Crippen LogP contribution in [0.25, 0.3) is 0 Å². The number of carbonyl (C=O) groups is 1. The van der Waals surface area contributed by atoms with Gasteiger partial charge in [-0.1, -0.05) is 18.2 Å². The maximum atomic E-state index is 11.9. The smallest absolute Gasteiger partial charge is 0.324 e. The molecular formula is C15H17N3O2. The van der Waals surface area contributed by atoms with Gasteiger partial charge in [0.15, 0.2) is 0 Å². The fraction of sp³-hybridized carbons (Fsp3) is 0.200. The number of nitrogens with one attached hydrogen (secondary N) is 2. The minimum absolute atomic E-state index is 0.353. The van der Waals surface area contributed by atoms with E-state index in [4.69, 9.17) is 4.74 Å². The number of amides is 2. The number of aryl methyl sites for hydroxylation is 1. The van der Waals surface area contributed by atoms with E-state index in [-0.39, 0.29) is 6.03 Å². The molecule has 5 nitrogen and oxygen atoms in total. The van der Waals surface area contributed by atoms with E-state index in [2.05, 4.69) is 15.6 Å². The number of para-hydroxylation sites is 2. The van der Waals surface area contributed by atoms with Crippen molar-refractivity contribution < 1.29 is 9.53 Å².